The van der Waals surface area contributed by atoms with E-state index in [1.54, 1.807) is 30.6 Å². The Balaban J connectivity index is 1.80. The van der Waals surface area contributed by atoms with E-state index in [0.29, 0.717) is 25.3 Å². The lowest BCUT2D eigenvalue weighted by molar-refractivity contribution is 0.304. The van der Waals surface area contributed by atoms with Gasteiger partial charge in [0.2, 0.25) is 0 Å². The van der Waals surface area contributed by atoms with E-state index < -0.39 is 0 Å². The summed E-state index contributed by atoms with van der Waals surface area (Å²) in [6.07, 6.45) is 13.9. The summed E-state index contributed by atoms with van der Waals surface area (Å²) >= 11 is 0. The van der Waals surface area contributed by atoms with Crippen molar-refractivity contribution in [2.24, 2.45) is 9.98 Å². The van der Waals surface area contributed by atoms with Crippen LogP contribution in [0, 0.1) is 0 Å². The third-order valence-electron chi connectivity index (χ3n) is 5.50. The molecule has 0 aromatic heterocycles. The fourth-order valence-corrected chi connectivity index (χ4v) is 3.50. The van der Waals surface area contributed by atoms with Gasteiger partial charge in [-0.3, -0.25) is 9.98 Å². The summed E-state index contributed by atoms with van der Waals surface area (Å²) in [5.74, 6) is 1.17. The van der Waals surface area contributed by atoms with Gasteiger partial charge >= 0.3 is 0 Å². The van der Waals surface area contributed by atoms with E-state index in [2.05, 4.69) is 23.8 Å². The molecule has 2 N–H and O–H groups in total. The molecule has 2 aromatic rings. The van der Waals surface area contributed by atoms with Crippen molar-refractivity contribution < 1.29 is 14.9 Å². The highest BCUT2D eigenvalue weighted by molar-refractivity contribution is 5.84. The van der Waals surface area contributed by atoms with Crippen molar-refractivity contribution in [1.82, 2.24) is 0 Å². The highest BCUT2D eigenvalue weighted by Crippen LogP contribution is 2.22. The van der Waals surface area contributed by atoms with Gasteiger partial charge in [0, 0.05) is 23.6 Å². The average Bonchev–Trinajstić information content (AvgIpc) is 2.82. The third-order valence-corrected chi connectivity index (χ3v) is 5.50. The van der Waals surface area contributed by atoms with Crippen LogP contribution >= 0.6 is 0 Å². The summed E-state index contributed by atoms with van der Waals surface area (Å²) in [7, 11) is 0. The zero-order valence-corrected chi connectivity index (χ0v) is 20.3. The average molecular weight is 453 g/mol. The second kappa shape index (κ2) is 15.9. The van der Waals surface area contributed by atoms with Gasteiger partial charge in [0.05, 0.1) is 19.7 Å². The monoisotopic (exact) mass is 452 g/mol. The van der Waals surface area contributed by atoms with Crippen molar-refractivity contribution in [2.45, 2.75) is 71.6 Å². The number of hydrogen-bond acceptors (Lipinski definition) is 5. The molecule has 0 fully saturated rings. The third kappa shape index (κ3) is 10.6. The number of ether oxygens (including phenoxy) is 1. The predicted octanol–water partition coefficient (Wildman–Crippen LogP) is 6.72. The second-order valence-corrected chi connectivity index (χ2v) is 8.40. The van der Waals surface area contributed by atoms with Gasteiger partial charge in [-0.2, -0.15) is 0 Å². The lowest BCUT2D eigenvalue weighted by Crippen LogP contribution is -1.98. The van der Waals surface area contributed by atoms with Crippen molar-refractivity contribution in [3.63, 3.8) is 0 Å². The van der Waals surface area contributed by atoms with E-state index in [4.69, 9.17) is 4.74 Å². The molecule has 0 aliphatic rings. The maximum absolute atomic E-state index is 10.1. The Morgan fingerprint density at radius 1 is 0.727 bits per heavy atom. The molecule has 180 valence electrons. The van der Waals surface area contributed by atoms with Crippen LogP contribution in [0.25, 0.3) is 0 Å². The first-order valence-electron chi connectivity index (χ1n) is 12.4. The van der Waals surface area contributed by atoms with E-state index in [0.717, 1.165) is 24.2 Å². The second-order valence-electron chi connectivity index (χ2n) is 8.40. The van der Waals surface area contributed by atoms with Gasteiger partial charge in [-0.25, -0.2) is 0 Å². The Hall–Kier alpha value is -2.82. The Labute approximate surface area is 199 Å². The van der Waals surface area contributed by atoms with Crippen molar-refractivity contribution in [1.29, 1.82) is 0 Å². The number of unbranched alkanes of at least 4 members (excludes halogenated alkanes) is 6. The summed E-state index contributed by atoms with van der Waals surface area (Å²) in [5.41, 5.74) is 2.61. The van der Waals surface area contributed by atoms with Gasteiger partial charge in [-0.15, -0.1) is 0 Å². The van der Waals surface area contributed by atoms with E-state index in [9.17, 15) is 10.2 Å². The molecule has 0 atom stereocenters. The first kappa shape index (κ1) is 26.4. The molecule has 0 spiro atoms. The van der Waals surface area contributed by atoms with Crippen molar-refractivity contribution in [3.8, 4) is 17.2 Å². The van der Waals surface area contributed by atoms with Gasteiger partial charge < -0.3 is 14.9 Å². The largest absolute Gasteiger partial charge is 0.507 e. The van der Waals surface area contributed by atoms with E-state index >= 15 is 0 Å². The molecule has 5 nitrogen and oxygen atoms in total. The summed E-state index contributed by atoms with van der Waals surface area (Å²) in [5, 5.41) is 20.2. The molecule has 0 bridgehead atoms. The molecule has 2 aromatic carbocycles. The molecule has 2 rings (SSSR count). The Morgan fingerprint density at radius 2 is 1.33 bits per heavy atom. The van der Waals surface area contributed by atoms with Crippen LogP contribution in [0.4, 0.5) is 0 Å². The molecule has 0 heterocycles. The number of hydrogen-bond donors (Lipinski definition) is 2. The molecule has 5 heteroatoms. The predicted molar refractivity (Wildman–Crippen MR) is 139 cm³/mol. The number of benzene rings is 2. The number of aromatic hydroxyl groups is 2. The first-order valence-corrected chi connectivity index (χ1v) is 12.4. The molecule has 0 saturated carbocycles. The van der Waals surface area contributed by atoms with Crippen LogP contribution < -0.4 is 4.74 Å². The maximum atomic E-state index is 10.1. The van der Waals surface area contributed by atoms with Crippen LogP contribution in [0.5, 0.6) is 17.2 Å². The van der Waals surface area contributed by atoms with Crippen LogP contribution in [0.3, 0.4) is 0 Å². The standard InChI is InChI=1S/C28H40N2O3/c1-3-5-7-9-11-23-12-14-27(31)24(19-23)21-29-16-17-30-22-25-20-26(13-15-28(25)32)33-18-10-8-6-4-2/h12-15,19-22,31-32H,3-11,16-18H2,1-2H3. The van der Waals surface area contributed by atoms with Gasteiger partial charge in [-0.1, -0.05) is 58.4 Å². The maximum Gasteiger partial charge on any atom is 0.124 e. The van der Waals surface area contributed by atoms with Crippen molar-refractivity contribution >= 4 is 12.4 Å². The summed E-state index contributed by atoms with van der Waals surface area (Å²) in [6.45, 7) is 6.09. The molecule has 0 unspecified atom stereocenters. The van der Waals surface area contributed by atoms with E-state index in [1.165, 1.54) is 50.5 Å². The van der Waals surface area contributed by atoms with E-state index in [1.807, 2.05) is 18.2 Å². The zero-order chi connectivity index (χ0) is 23.7. The Kier molecular flexibility index (Phi) is 12.7. The van der Waals surface area contributed by atoms with Crippen molar-refractivity contribution in [3.05, 3.63) is 53.1 Å². The lowest BCUT2D eigenvalue weighted by Gasteiger charge is -2.07. The van der Waals surface area contributed by atoms with E-state index in [-0.39, 0.29) is 11.5 Å². The minimum atomic E-state index is 0.182. The minimum absolute atomic E-state index is 0.182. The number of aliphatic imine (C=N–C) groups is 2. The zero-order valence-electron chi connectivity index (χ0n) is 20.3. The highest BCUT2D eigenvalue weighted by atomic mass is 16.5. The minimum Gasteiger partial charge on any atom is -0.507 e. The summed E-state index contributed by atoms with van der Waals surface area (Å²) in [4.78, 5) is 8.78. The van der Waals surface area contributed by atoms with Crippen LogP contribution in [0.15, 0.2) is 46.4 Å². The molecular weight excluding hydrogens is 412 g/mol. The van der Waals surface area contributed by atoms with Gasteiger partial charge in [0.1, 0.15) is 17.2 Å². The number of nitrogens with zero attached hydrogens (tertiary/aromatic N) is 2. The number of aryl methyl sites for hydroxylation is 1. The molecule has 0 saturated heterocycles. The van der Waals surface area contributed by atoms with Crippen LogP contribution in [0.2, 0.25) is 0 Å². The Morgan fingerprint density at radius 3 is 2.00 bits per heavy atom. The molecule has 33 heavy (non-hydrogen) atoms. The summed E-state index contributed by atoms with van der Waals surface area (Å²) < 4.78 is 5.78. The quantitative estimate of drug-likeness (QED) is 0.219. The molecule has 0 aliphatic carbocycles. The molecule has 0 radical (unpaired) electrons. The molecule has 0 aliphatic heterocycles. The molecular formula is C28H40N2O3. The van der Waals surface area contributed by atoms with Gasteiger partial charge in [0.15, 0.2) is 0 Å². The van der Waals surface area contributed by atoms with Crippen LogP contribution in [-0.2, 0) is 6.42 Å². The highest BCUT2D eigenvalue weighted by Gasteiger charge is 2.03. The van der Waals surface area contributed by atoms with Crippen LogP contribution in [-0.4, -0.2) is 42.3 Å². The number of rotatable bonds is 16. The Bertz CT molecular complexity index is 877. The fourth-order valence-electron chi connectivity index (χ4n) is 3.50. The van der Waals surface area contributed by atoms with Gasteiger partial charge in [-0.05, 0) is 55.2 Å². The first-order chi connectivity index (χ1) is 16.1. The smallest absolute Gasteiger partial charge is 0.124 e. The van der Waals surface area contributed by atoms with Crippen LogP contribution in [0.1, 0.15) is 81.9 Å². The fraction of sp³-hybridized carbons (Fsp3) is 0.500. The number of phenolic OH excluding ortho intramolecular Hbond substituents is 2. The van der Waals surface area contributed by atoms with Crippen molar-refractivity contribution in [2.75, 3.05) is 19.7 Å². The lowest BCUT2D eigenvalue weighted by atomic mass is 10.0. The topological polar surface area (TPSA) is 74.4 Å². The van der Waals surface area contributed by atoms with Gasteiger partial charge in [0.25, 0.3) is 0 Å². The number of phenols is 2. The SMILES string of the molecule is CCCCCCOc1ccc(O)c(C=NCCN=Cc2cc(CCCCCC)ccc2O)c1. The summed E-state index contributed by atoms with van der Waals surface area (Å²) in [6, 6.07) is 11.0. The molecule has 0 amide bonds. The normalized spacial score (nSPS) is 11.6.